The molecule has 2 amide bonds. The van der Waals surface area contributed by atoms with Gasteiger partial charge in [-0.2, -0.15) is 0 Å². The molecule has 1 N–H and O–H groups in total. The molecule has 0 radical (unpaired) electrons. The van der Waals surface area contributed by atoms with E-state index in [2.05, 4.69) is 15.3 Å². The van der Waals surface area contributed by atoms with E-state index in [1.54, 1.807) is 16.5 Å². The number of benzene rings is 1. The van der Waals surface area contributed by atoms with Crippen molar-refractivity contribution in [3.63, 3.8) is 0 Å². The molecule has 8 heteroatoms. The minimum absolute atomic E-state index is 0.00323. The van der Waals surface area contributed by atoms with Crippen LogP contribution in [0.5, 0.6) is 5.75 Å². The number of hydrogen-bond donors (Lipinski definition) is 1. The van der Waals surface area contributed by atoms with E-state index < -0.39 is 0 Å². The molecule has 28 heavy (non-hydrogen) atoms. The molecule has 142 valence electrons. The fourth-order valence-electron chi connectivity index (χ4n) is 2.89. The molecule has 3 heterocycles. The summed E-state index contributed by atoms with van der Waals surface area (Å²) in [6.45, 7) is 0.798. The molecule has 0 bridgehead atoms. The third-order valence-electron chi connectivity index (χ3n) is 4.28. The summed E-state index contributed by atoms with van der Waals surface area (Å²) < 4.78 is 5.45. The van der Waals surface area contributed by atoms with Crippen molar-refractivity contribution in [1.29, 1.82) is 0 Å². The zero-order valence-electron chi connectivity index (χ0n) is 15.0. The minimum atomic E-state index is -0.230. The van der Waals surface area contributed by atoms with Crippen molar-refractivity contribution in [2.45, 2.75) is 13.0 Å². The number of ether oxygens (including phenoxy) is 1. The van der Waals surface area contributed by atoms with Crippen molar-refractivity contribution in [1.82, 2.24) is 15.3 Å². The average molecular weight is 394 g/mol. The molecule has 0 saturated heterocycles. The van der Waals surface area contributed by atoms with E-state index in [0.29, 0.717) is 36.0 Å². The summed E-state index contributed by atoms with van der Waals surface area (Å²) in [4.78, 5) is 34.8. The van der Waals surface area contributed by atoms with Crippen LogP contribution in [0.15, 0.2) is 54.0 Å². The zero-order chi connectivity index (χ0) is 19.3. The summed E-state index contributed by atoms with van der Waals surface area (Å²) >= 11 is 1.36. The first-order valence-corrected chi connectivity index (χ1v) is 9.73. The first kappa shape index (κ1) is 18.1. The van der Waals surface area contributed by atoms with Crippen molar-refractivity contribution >= 4 is 28.8 Å². The van der Waals surface area contributed by atoms with Crippen molar-refractivity contribution < 1.29 is 14.3 Å². The van der Waals surface area contributed by atoms with Gasteiger partial charge in [-0.3, -0.25) is 19.5 Å². The number of anilines is 1. The van der Waals surface area contributed by atoms with Crippen LogP contribution in [-0.2, 0) is 17.8 Å². The van der Waals surface area contributed by atoms with Crippen LogP contribution in [0.4, 0.5) is 5.69 Å². The summed E-state index contributed by atoms with van der Waals surface area (Å²) in [5, 5.41) is 5.26. The number of fused-ring (bicyclic) bond motifs is 1. The van der Waals surface area contributed by atoms with Crippen LogP contribution in [0.1, 0.15) is 21.2 Å². The Morgan fingerprint density at radius 3 is 2.93 bits per heavy atom. The fraction of sp³-hybridized carbons (Fsp3) is 0.200. The van der Waals surface area contributed by atoms with E-state index in [1.165, 1.54) is 11.3 Å². The average Bonchev–Trinajstić information content (AvgIpc) is 3.20. The van der Waals surface area contributed by atoms with Gasteiger partial charge < -0.3 is 10.1 Å². The van der Waals surface area contributed by atoms with E-state index >= 15 is 0 Å². The van der Waals surface area contributed by atoms with Crippen LogP contribution in [-0.4, -0.2) is 34.9 Å². The van der Waals surface area contributed by atoms with Gasteiger partial charge in [0.2, 0.25) is 0 Å². The molecule has 1 aromatic carbocycles. The summed E-state index contributed by atoms with van der Waals surface area (Å²) in [6, 6.07) is 13.1. The fourth-order valence-corrected chi connectivity index (χ4v) is 3.65. The number of nitrogens with zero attached hydrogens (tertiary/aromatic N) is 3. The molecule has 0 fully saturated rings. The van der Waals surface area contributed by atoms with Gasteiger partial charge in [-0.1, -0.05) is 18.2 Å². The summed E-state index contributed by atoms with van der Waals surface area (Å²) in [5.41, 5.74) is 2.00. The molecule has 3 aromatic rings. The first-order chi connectivity index (χ1) is 13.7. The number of thiazole rings is 1. The Labute approximate surface area is 166 Å². The Kier molecular flexibility index (Phi) is 5.29. The Balaban J connectivity index is 1.38. The molecule has 1 aliphatic heterocycles. The van der Waals surface area contributed by atoms with Crippen molar-refractivity contribution in [2.75, 3.05) is 18.1 Å². The Bertz CT molecular complexity index is 990. The first-order valence-electron chi connectivity index (χ1n) is 8.85. The molecule has 0 spiro atoms. The third-order valence-corrected chi connectivity index (χ3v) is 5.11. The topological polar surface area (TPSA) is 84.4 Å². The smallest absolute Gasteiger partial charge is 0.270 e. The maximum absolute atomic E-state index is 12.3. The molecule has 0 aliphatic carbocycles. The van der Waals surface area contributed by atoms with Gasteiger partial charge in [0.15, 0.2) is 6.61 Å². The second-order valence-electron chi connectivity index (χ2n) is 6.19. The van der Waals surface area contributed by atoms with Gasteiger partial charge in [-0.15, -0.1) is 11.3 Å². The lowest BCUT2D eigenvalue weighted by atomic mass is 10.2. The molecular weight excluding hydrogens is 376 g/mol. The number of para-hydroxylation sites is 2. The highest BCUT2D eigenvalue weighted by Gasteiger charge is 2.26. The SMILES string of the molecule is O=C(NCCc1ccccn1)c1csc(CN2C(=O)COc3ccccc32)n1. The quantitative estimate of drug-likeness (QED) is 0.694. The van der Waals surface area contributed by atoms with E-state index in [9.17, 15) is 9.59 Å². The Hall–Kier alpha value is -3.26. The van der Waals surface area contributed by atoms with Gasteiger partial charge in [0, 0.05) is 30.2 Å². The van der Waals surface area contributed by atoms with Gasteiger partial charge in [0.25, 0.3) is 11.8 Å². The molecule has 4 rings (SSSR count). The van der Waals surface area contributed by atoms with E-state index in [1.807, 2.05) is 42.5 Å². The largest absolute Gasteiger partial charge is 0.482 e. The van der Waals surface area contributed by atoms with E-state index in [0.717, 1.165) is 11.4 Å². The zero-order valence-corrected chi connectivity index (χ0v) is 15.8. The number of aromatic nitrogens is 2. The van der Waals surface area contributed by atoms with Crippen LogP contribution >= 0.6 is 11.3 Å². The van der Waals surface area contributed by atoms with Crippen molar-refractivity contribution in [3.05, 3.63) is 70.4 Å². The van der Waals surface area contributed by atoms with Gasteiger partial charge in [0.1, 0.15) is 16.5 Å². The van der Waals surface area contributed by atoms with Crippen LogP contribution in [0.2, 0.25) is 0 Å². The number of carbonyl (C=O) groups is 2. The van der Waals surface area contributed by atoms with E-state index in [-0.39, 0.29) is 18.4 Å². The number of carbonyl (C=O) groups excluding carboxylic acids is 2. The normalized spacial score (nSPS) is 13.0. The number of hydrogen-bond acceptors (Lipinski definition) is 6. The molecule has 0 unspecified atom stereocenters. The van der Waals surface area contributed by atoms with Crippen LogP contribution in [0.3, 0.4) is 0 Å². The van der Waals surface area contributed by atoms with Crippen molar-refractivity contribution in [3.8, 4) is 5.75 Å². The van der Waals surface area contributed by atoms with Crippen LogP contribution in [0, 0.1) is 0 Å². The van der Waals surface area contributed by atoms with E-state index in [4.69, 9.17) is 4.74 Å². The third kappa shape index (κ3) is 4.01. The monoisotopic (exact) mass is 394 g/mol. The maximum atomic E-state index is 12.3. The Morgan fingerprint density at radius 2 is 2.07 bits per heavy atom. The molecule has 0 saturated carbocycles. The second-order valence-corrected chi connectivity index (χ2v) is 7.13. The van der Waals surface area contributed by atoms with Crippen LogP contribution in [0.25, 0.3) is 0 Å². The highest BCUT2D eigenvalue weighted by atomic mass is 32.1. The highest BCUT2D eigenvalue weighted by molar-refractivity contribution is 7.09. The van der Waals surface area contributed by atoms with Gasteiger partial charge >= 0.3 is 0 Å². The van der Waals surface area contributed by atoms with Gasteiger partial charge in [-0.25, -0.2) is 4.98 Å². The van der Waals surface area contributed by atoms with Gasteiger partial charge in [0.05, 0.1) is 12.2 Å². The number of nitrogens with one attached hydrogen (secondary N) is 1. The lowest BCUT2D eigenvalue weighted by Crippen LogP contribution is -2.38. The lowest BCUT2D eigenvalue weighted by Gasteiger charge is -2.28. The molecule has 0 atom stereocenters. The Morgan fingerprint density at radius 1 is 1.21 bits per heavy atom. The molecular formula is C20H18N4O3S. The number of rotatable bonds is 6. The minimum Gasteiger partial charge on any atom is -0.482 e. The highest BCUT2D eigenvalue weighted by Crippen LogP contribution is 2.32. The lowest BCUT2D eigenvalue weighted by molar-refractivity contribution is -0.121. The number of pyridine rings is 1. The molecule has 2 aromatic heterocycles. The predicted molar refractivity (Wildman–Crippen MR) is 106 cm³/mol. The predicted octanol–water partition coefficient (Wildman–Crippen LogP) is 2.44. The standard InChI is InChI=1S/C20H18N4O3S/c25-19-12-27-17-7-2-1-6-16(17)24(19)11-18-23-15(13-28-18)20(26)22-10-8-14-5-3-4-9-21-14/h1-7,9,13H,8,10-12H2,(H,22,26). The summed E-state index contributed by atoms with van der Waals surface area (Å²) in [7, 11) is 0. The van der Waals surface area contributed by atoms with Crippen molar-refractivity contribution in [2.24, 2.45) is 0 Å². The maximum Gasteiger partial charge on any atom is 0.270 e. The summed E-state index contributed by atoms with van der Waals surface area (Å²) in [6.07, 6.45) is 2.39. The van der Waals surface area contributed by atoms with Gasteiger partial charge in [-0.05, 0) is 24.3 Å². The van der Waals surface area contributed by atoms with Crippen LogP contribution < -0.4 is 15.0 Å². The summed E-state index contributed by atoms with van der Waals surface area (Å²) in [5.74, 6) is 0.313. The molecule has 7 nitrogen and oxygen atoms in total. The molecule has 1 aliphatic rings. The number of amides is 2. The second kappa shape index (κ2) is 8.18.